The minimum atomic E-state index is -1.21. The lowest BCUT2D eigenvalue weighted by Crippen LogP contribution is -2.33. The van der Waals surface area contributed by atoms with Gasteiger partial charge in [-0.3, -0.25) is 4.57 Å². The number of imidazole rings is 1. The average Bonchev–Trinajstić information content (AvgIpc) is 3.36. The highest BCUT2D eigenvalue weighted by Gasteiger charge is 2.45. The lowest BCUT2D eigenvalue weighted by atomic mass is 10.1. The number of anilines is 2. The highest BCUT2D eigenvalue weighted by Crippen LogP contribution is 2.36. The topological polar surface area (TPSA) is 138 Å². The molecular formula is C17H26N6O4. The molecule has 1 aliphatic heterocycles. The van der Waals surface area contributed by atoms with Gasteiger partial charge in [0.25, 0.3) is 0 Å². The Morgan fingerprint density at radius 3 is 2.67 bits per heavy atom. The summed E-state index contributed by atoms with van der Waals surface area (Å²) in [6.45, 7) is 2.26. The number of aliphatic hydroxyl groups is 3. The van der Waals surface area contributed by atoms with E-state index >= 15 is 0 Å². The maximum Gasteiger partial charge on any atom is 0.207 e. The molecular weight excluding hydrogens is 352 g/mol. The van der Waals surface area contributed by atoms with Crippen LogP contribution >= 0.6 is 0 Å². The third-order valence-electron chi connectivity index (χ3n) is 5.28. The van der Waals surface area contributed by atoms with Crippen molar-refractivity contribution in [3.8, 4) is 0 Å². The van der Waals surface area contributed by atoms with Crippen LogP contribution in [0.3, 0.4) is 0 Å². The quantitative estimate of drug-likeness (QED) is 0.478. The monoisotopic (exact) mass is 378 g/mol. The minimum absolute atomic E-state index is 0.285. The van der Waals surface area contributed by atoms with E-state index in [1.165, 1.54) is 6.33 Å². The maximum atomic E-state index is 10.5. The zero-order valence-electron chi connectivity index (χ0n) is 15.2. The van der Waals surface area contributed by atoms with Crippen LogP contribution in [0.5, 0.6) is 0 Å². The summed E-state index contributed by atoms with van der Waals surface area (Å²) in [4.78, 5) is 13.3. The molecule has 1 aliphatic carbocycles. The molecule has 4 atom stereocenters. The van der Waals surface area contributed by atoms with Gasteiger partial charge in [0, 0.05) is 12.6 Å². The van der Waals surface area contributed by atoms with Crippen molar-refractivity contribution in [2.45, 2.75) is 63.2 Å². The Morgan fingerprint density at radius 2 is 2.00 bits per heavy atom. The summed E-state index contributed by atoms with van der Waals surface area (Å²) in [5.74, 6) is 1.12. The van der Waals surface area contributed by atoms with Crippen LogP contribution in [-0.2, 0) is 4.74 Å². The second kappa shape index (κ2) is 7.55. The molecule has 10 nitrogen and oxygen atoms in total. The van der Waals surface area contributed by atoms with E-state index in [0.29, 0.717) is 29.5 Å². The van der Waals surface area contributed by atoms with Crippen molar-refractivity contribution in [1.82, 2.24) is 19.5 Å². The van der Waals surface area contributed by atoms with Gasteiger partial charge in [-0.1, -0.05) is 12.8 Å². The molecule has 1 saturated heterocycles. The van der Waals surface area contributed by atoms with E-state index in [2.05, 4.69) is 25.6 Å². The molecule has 1 saturated carbocycles. The van der Waals surface area contributed by atoms with Gasteiger partial charge in [-0.15, -0.1) is 0 Å². The molecule has 2 aromatic rings. The molecule has 0 bridgehead atoms. The number of hydrogen-bond donors (Lipinski definition) is 5. The Bertz CT molecular complexity index is 793. The summed E-state index contributed by atoms with van der Waals surface area (Å²) in [6, 6.07) is 0.285. The fraction of sp³-hybridized carbons (Fsp3) is 0.706. The van der Waals surface area contributed by atoms with Crippen molar-refractivity contribution < 1.29 is 20.1 Å². The number of fused-ring (bicyclic) bond motifs is 1. The van der Waals surface area contributed by atoms with Gasteiger partial charge in [0.05, 0.1) is 6.61 Å². The van der Waals surface area contributed by atoms with Gasteiger partial charge in [0.15, 0.2) is 23.2 Å². The Kier molecular flexibility index (Phi) is 5.13. The van der Waals surface area contributed by atoms with Crippen LogP contribution in [0.1, 0.15) is 38.8 Å². The molecule has 4 rings (SSSR count). The van der Waals surface area contributed by atoms with E-state index in [-0.39, 0.29) is 12.6 Å². The Balaban J connectivity index is 1.79. The molecule has 2 fully saturated rings. The molecule has 0 unspecified atom stereocenters. The van der Waals surface area contributed by atoms with Crippen molar-refractivity contribution in [1.29, 1.82) is 0 Å². The van der Waals surface area contributed by atoms with E-state index in [1.54, 1.807) is 4.57 Å². The van der Waals surface area contributed by atoms with Crippen LogP contribution in [0.15, 0.2) is 6.33 Å². The number of aromatic nitrogens is 4. The lowest BCUT2D eigenvalue weighted by Gasteiger charge is -2.21. The molecule has 0 radical (unpaired) electrons. The fourth-order valence-electron chi connectivity index (χ4n) is 3.89. The van der Waals surface area contributed by atoms with E-state index in [0.717, 1.165) is 25.7 Å². The first-order valence-electron chi connectivity index (χ1n) is 9.49. The number of nitrogens with one attached hydrogen (secondary N) is 2. The molecule has 0 amide bonds. The predicted octanol–water partition coefficient (Wildman–Crippen LogP) is 0.224. The molecule has 0 spiro atoms. The summed E-state index contributed by atoms with van der Waals surface area (Å²) in [5.41, 5.74) is 1.06. The summed E-state index contributed by atoms with van der Waals surface area (Å²) < 4.78 is 7.41. The molecule has 148 valence electrons. The van der Waals surface area contributed by atoms with E-state index in [9.17, 15) is 15.3 Å². The first-order chi connectivity index (χ1) is 13.1. The number of ether oxygens (including phenoxy) is 1. The predicted molar refractivity (Wildman–Crippen MR) is 98.4 cm³/mol. The molecule has 2 aliphatic rings. The van der Waals surface area contributed by atoms with Gasteiger partial charge < -0.3 is 30.7 Å². The van der Waals surface area contributed by atoms with Crippen LogP contribution in [-0.4, -0.2) is 72.3 Å². The molecule has 3 heterocycles. The number of rotatable bonds is 6. The standard InChI is InChI=1S/C17H26N6O4/c1-2-18-14-11-15(20-8-19-14)23(16-13(26)12(25)10(7-24)27-16)17(22-11)21-9-5-3-4-6-9/h8-10,12-13,16,24-26H,2-7H2,1H3,(H,21,22)(H,18,19,20)/t10-,12-,13-,16-/m1/s1. The average molecular weight is 378 g/mol. The third kappa shape index (κ3) is 3.22. The fourth-order valence-corrected chi connectivity index (χ4v) is 3.89. The molecule has 0 aromatic carbocycles. The summed E-state index contributed by atoms with van der Waals surface area (Å²) >= 11 is 0. The first kappa shape index (κ1) is 18.4. The van der Waals surface area contributed by atoms with Crippen molar-refractivity contribution in [2.24, 2.45) is 0 Å². The van der Waals surface area contributed by atoms with E-state index in [4.69, 9.17) is 4.74 Å². The highest BCUT2D eigenvalue weighted by atomic mass is 16.6. The van der Waals surface area contributed by atoms with E-state index < -0.39 is 24.5 Å². The first-order valence-corrected chi connectivity index (χ1v) is 9.49. The number of hydrogen-bond acceptors (Lipinski definition) is 9. The molecule has 5 N–H and O–H groups in total. The normalized spacial score (nSPS) is 28.9. The van der Waals surface area contributed by atoms with Crippen LogP contribution in [0.2, 0.25) is 0 Å². The third-order valence-corrected chi connectivity index (χ3v) is 5.28. The Hall–Kier alpha value is -2.01. The lowest BCUT2D eigenvalue weighted by molar-refractivity contribution is -0.0501. The smallest absolute Gasteiger partial charge is 0.207 e. The molecule has 27 heavy (non-hydrogen) atoms. The Morgan fingerprint density at radius 1 is 1.22 bits per heavy atom. The van der Waals surface area contributed by atoms with Crippen molar-refractivity contribution in [3.05, 3.63) is 6.33 Å². The van der Waals surface area contributed by atoms with Crippen LogP contribution in [0.25, 0.3) is 11.2 Å². The largest absolute Gasteiger partial charge is 0.394 e. The molecule has 2 aromatic heterocycles. The second-order valence-electron chi connectivity index (χ2n) is 7.08. The van der Waals surface area contributed by atoms with Gasteiger partial charge in [-0.25, -0.2) is 15.0 Å². The number of aliphatic hydroxyl groups excluding tert-OH is 3. The number of nitrogens with zero attached hydrogens (tertiary/aromatic N) is 4. The van der Waals surface area contributed by atoms with Gasteiger partial charge in [-0.2, -0.15) is 0 Å². The van der Waals surface area contributed by atoms with Gasteiger partial charge in [0.2, 0.25) is 5.95 Å². The van der Waals surface area contributed by atoms with Crippen molar-refractivity contribution in [3.63, 3.8) is 0 Å². The van der Waals surface area contributed by atoms with Gasteiger partial charge in [-0.05, 0) is 19.8 Å². The minimum Gasteiger partial charge on any atom is -0.394 e. The van der Waals surface area contributed by atoms with Gasteiger partial charge >= 0.3 is 0 Å². The van der Waals surface area contributed by atoms with Crippen LogP contribution < -0.4 is 10.6 Å². The van der Waals surface area contributed by atoms with Crippen LogP contribution in [0, 0.1) is 0 Å². The molecule has 10 heteroatoms. The van der Waals surface area contributed by atoms with Crippen molar-refractivity contribution >= 4 is 22.9 Å². The summed E-state index contributed by atoms with van der Waals surface area (Å²) in [7, 11) is 0. The highest BCUT2D eigenvalue weighted by molar-refractivity contribution is 5.85. The second-order valence-corrected chi connectivity index (χ2v) is 7.08. The summed E-state index contributed by atoms with van der Waals surface area (Å²) in [6.07, 6.45) is 1.68. The van der Waals surface area contributed by atoms with Crippen LogP contribution in [0.4, 0.5) is 11.8 Å². The van der Waals surface area contributed by atoms with Gasteiger partial charge in [0.1, 0.15) is 24.6 Å². The van der Waals surface area contributed by atoms with E-state index in [1.807, 2.05) is 6.92 Å². The summed E-state index contributed by atoms with van der Waals surface area (Å²) in [5, 5.41) is 36.7. The SMILES string of the molecule is CCNc1ncnc2c1nc(NC1CCCC1)n2[C@@H]1O[C@H](CO)[C@@H](O)[C@H]1O. The van der Waals surface area contributed by atoms with Crippen molar-refractivity contribution in [2.75, 3.05) is 23.8 Å². The maximum absolute atomic E-state index is 10.5. The Labute approximate surface area is 156 Å². The zero-order valence-corrected chi connectivity index (χ0v) is 15.2. The zero-order chi connectivity index (χ0) is 19.0.